The number of carbonyl (C=O) groups is 1. The molecule has 0 heterocycles. The molecule has 0 unspecified atom stereocenters. The van der Waals surface area contributed by atoms with E-state index in [1.807, 2.05) is 0 Å². The molecule has 0 saturated carbocycles. The van der Waals surface area contributed by atoms with Gasteiger partial charge in [-0.2, -0.15) is 0 Å². The van der Waals surface area contributed by atoms with Gasteiger partial charge in [-0.1, -0.05) is 31.6 Å². The van der Waals surface area contributed by atoms with E-state index < -0.39 is 5.97 Å². The maximum Gasteiger partial charge on any atom is 0.331 e. The van der Waals surface area contributed by atoms with Gasteiger partial charge in [0, 0.05) is 5.57 Å². The summed E-state index contributed by atoms with van der Waals surface area (Å²) in [4.78, 5) is 11.1. The van der Waals surface area contributed by atoms with Crippen molar-refractivity contribution in [2.45, 2.75) is 40.0 Å². The minimum atomic E-state index is -0.724. The molecule has 2 rings (SSSR count). The van der Waals surface area contributed by atoms with Crippen LogP contribution in [0.3, 0.4) is 0 Å². The van der Waals surface area contributed by atoms with Crippen molar-refractivity contribution in [1.29, 1.82) is 0 Å². The lowest BCUT2D eigenvalue weighted by Gasteiger charge is -2.41. The molecular formula is C15H22O2. The maximum absolute atomic E-state index is 11.1. The third-order valence-corrected chi connectivity index (χ3v) is 4.51. The zero-order valence-electron chi connectivity index (χ0n) is 10.9. The highest BCUT2D eigenvalue weighted by Gasteiger charge is 2.36. The molecule has 0 aliphatic heterocycles. The first-order valence-electron chi connectivity index (χ1n) is 6.61. The second kappa shape index (κ2) is 4.67. The Kier molecular flexibility index (Phi) is 3.41. The average molecular weight is 234 g/mol. The second-order valence-corrected chi connectivity index (χ2v) is 5.81. The summed E-state index contributed by atoms with van der Waals surface area (Å²) in [5, 5.41) is 9.14. The van der Waals surface area contributed by atoms with E-state index in [1.165, 1.54) is 5.57 Å². The molecule has 0 spiro atoms. The first-order chi connectivity index (χ1) is 8.00. The molecule has 2 heteroatoms. The molecule has 0 saturated heterocycles. The van der Waals surface area contributed by atoms with Crippen molar-refractivity contribution in [2.75, 3.05) is 0 Å². The molecule has 17 heavy (non-hydrogen) atoms. The van der Waals surface area contributed by atoms with Gasteiger partial charge in [-0.3, -0.25) is 0 Å². The molecule has 0 aromatic heterocycles. The Labute approximate surface area is 103 Å². The van der Waals surface area contributed by atoms with Gasteiger partial charge in [0.25, 0.3) is 0 Å². The zero-order chi connectivity index (χ0) is 12.6. The predicted molar refractivity (Wildman–Crippen MR) is 68.6 cm³/mol. The average Bonchev–Trinajstić information content (AvgIpc) is 2.28. The lowest BCUT2D eigenvalue weighted by molar-refractivity contribution is -0.133. The van der Waals surface area contributed by atoms with E-state index in [1.54, 1.807) is 0 Å². The van der Waals surface area contributed by atoms with Crippen LogP contribution in [-0.4, -0.2) is 11.1 Å². The monoisotopic (exact) mass is 234 g/mol. The molecule has 3 atom stereocenters. The van der Waals surface area contributed by atoms with E-state index in [-0.39, 0.29) is 0 Å². The third-order valence-electron chi connectivity index (χ3n) is 4.51. The van der Waals surface area contributed by atoms with Gasteiger partial charge < -0.3 is 5.11 Å². The van der Waals surface area contributed by atoms with Crippen LogP contribution in [0, 0.1) is 23.7 Å². The highest BCUT2D eigenvalue weighted by atomic mass is 16.4. The summed E-state index contributed by atoms with van der Waals surface area (Å²) in [7, 11) is 0. The molecule has 2 nitrogen and oxygen atoms in total. The lowest BCUT2D eigenvalue weighted by atomic mass is 9.64. The zero-order valence-corrected chi connectivity index (χ0v) is 10.9. The highest BCUT2D eigenvalue weighted by Crippen LogP contribution is 2.45. The van der Waals surface area contributed by atoms with Crippen LogP contribution in [0.2, 0.25) is 0 Å². The fraction of sp³-hybridized carbons (Fsp3) is 0.667. The molecule has 0 aromatic rings. The molecule has 2 aliphatic rings. The number of carboxylic acid groups (broad SMARTS) is 1. The Balaban J connectivity index is 2.31. The third kappa shape index (κ3) is 2.31. The molecule has 94 valence electrons. The van der Waals surface area contributed by atoms with Crippen LogP contribution < -0.4 is 0 Å². The fourth-order valence-electron chi connectivity index (χ4n) is 3.41. The normalized spacial score (nSPS) is 32.8. The van der Waals surface area contributed by atoms with E-state index >= 15 is 0 Å². The number of rotatable bonds is 2. The Morgan fingerprint density at radius 3 is 2.76 bits per heavy atom. The molecule has 0 amide bonds. The van der Waals surface area contributed by atoms with Crippen molar-refractivity contribution in [3.63, 3.8) is 0 Å². The topological polar surface area (TPSA) is 37.3 Å². The standard InChI is InChI=1S/C15H22O2/c1-9(2)12-6-4-10(3)13-7-5-11(15(16)17)8-14(12)13/h4,8-9,12-14H,5-7H2,1-3H3,(H,16,17)/t12-,13+,14-/m1/s1. The summed E-state index contributed by atoms with van der Waals surface area (Å²) in [6, 6.07) is 0. The van der Waals surface area contributed by atoms with Gasteiger partial charge in [0.2, 0.25) is 0 Å². The van der Waals surface area contributed by atoms with Crippen molar-refractivity contribution >= 4 is 5.97 Å². The molecule has 0 bridgehead atoms. The first-order valence-corrected chi connectivity index (χ1v) is 6.61. The van der Waals surface area contributed by atoms with Gasteiger partial charge in [-0.15, -0.1) is 0 Å². The second-order valence-electron chi connectivity index (χ2n) is 5.81. The van der Waals surface area contributed by atoms with Crippen LogP contribution in [0.5, 0.6) is 0 Å². The lowest BCUT2D eigenvalue weighted by Crippen LogP contribution is -2.33. The summed E-state index contributed by atoms with van der Waals surface area (Å²) in [6.45, 7) is 6.70. The fourth-order valence-corrected chi connectivity index (χ4v) is 3.41. The summed E-state index contributed by atoms with van der Waals surface area (Å²) >= 11 is 0. The minimum Gasteiger partial charge on any atom is -0.478 e. The van der Waals surface area contributed by atoms with Crippen LogP contribution in [0.1, 0.15) is 40.0 Å². The Bertz CT molecular complexity index is 376. The molecule has 2 aliphatic carbocycles. The van der Waals surface area contributed by atoms with Crippen molar-refractivity contribution in [3.8, 4) is 0 Å². The Morgan fingerprint density at radius 2 is 2.18 bits per heavy atom. The predicted octanol–water partition coefficient (Wildman–Crippen LogP) is 3.65. The quantitative estimate of drug-likeness (QED) is 0.740. The summed E-state index contributed by atoms with van der Waals surface area (Å²) in [5.41, 5.74) is 2.10. The van der Waals surface area contributed by atoms with Gasteiger partial charge in [0.1, 0.15) is 0 Å². The van der Waals surface area contributed by atoms with Crippen LogP contribution in [-0.2, 0) is 4.79 Å². The summed E-state index contributed by atoms with van der Waals surface area (Å²) < 4.78 is 0. The number of aliphatic carboxylic acids is 1. The van der Waals surface area contributed by atoms with Crippen LogP contribution in [0.25, 0.3) is 0 Å². The van der Waals surface area contributed by atoms with Crippen molar-refractivity contribution in [1.82, 2.24) is 0 Å². The van der Waals surface area contributed by atoms with Gasteiger partial charge in [-0.25, -0.2) is 4.79 Å². The Morgan fingerprint density at radius 1 is 1.47 bits per heavy atom. The van der Waals surface area contributed by atoms with Crippen molar-refractivity contribution in [2.24, 2.45) is 23.7 Å². The minimum absolute atomic E-state index is 0.444. The van der Waals surface area contributed by atoms with E-state index in [2.05, 4.69) is 32.9 Å². The van der Waals surface area contributed by atoms with Crippen molar-refractivity contribution < 1.29 is 9.90 Å². The number of fused-ring (bicyclic) bond motifs is 1. The van der Waals surface area contributed by atoms with Crippen molar-refractivity contribution in [3.05, 3.63) is 23.3 Å². The van der Waals surface area contributed by atoms with Crippen LogP contribution in [0.4, 0.5) is 0 Å². The van der Waals surface area contributed by atoms with E-state index in [0.29, 0.717) is 29.2 Å². The molecule has 0 radical (unpaired) electrons. The largest absolute Gasteiger partial charge is 0.478 e. The maximum atomic E-state index is 11.1. The number of hydrogen-bond acceptors (Lipinski definition) is 1. The van der Waals surface area contributed by atoms with E-state index in [0.717, 1.165) is 19.3 Å². The number of allylic oxidation sites excluding steroid dienone is 3. The summed E-state index contributed by atoms with van der Waals surface area (Å²) in [6.07, 6.45) is 7.26. The number of hydrogen-bond donors (Lipinski definition) is 1. The molecule has 0 aromatic carbocycles. The Hall–Kier alpha value is -1.05. The van der Waals surface area contributed by atoms with Gasteiger partial charge >= 0.3 is 5.97 Å². The highest BCUT2D eigenvalue weighted by molar-refractivity contribution is 5.86. The van der Waals surface area contributed by atoms with Gasteiger partial charge in [-0.05, 0) is 49.9 Å². The smallest absolute Gasteiger partial charge is 0.331 e. The number of carboxylic acids is 1. The first kappa shape index (κ1) is 12.4. The van der Waals surface area contributed by atoms with Gasteiger partial charge in [0.05, 0.1) is 0 Å². The van der Waals surface area contributed by atoms with E-state index in [9.17, 15) is 4.79 Å². The van der Waals surface area contributed by atoms with Crippen LogP contribution >= 0.6 is 0 Å². The van der Waals surface area contributed by atoms with Gasteiger partial charge in [0.15, 0.2) is 0 Å². The SMILES string of the molecule is CC1=CC[C@H](C(C)C)[C@H]2C=C(C(=O)O)CC[C@@H]12. The summed E-state index contributed by atoms with van der Waals surface area (Å²) in [5.74, 6) is 1.53. The molecule has 1 N–H and O–H groups in total. The molecule has 0 fully saturated rings. The molecular weight excluding hydrogens is 212 g/mol. The van der Waals surface area contributed by atoms with E-state index in [4.69, 9.17) is 5.11 Å². The van der Waals surface area contributed by atoms with Crippen LogP contribution in [0.15, 0.2) is 23.3 Å².